The van der Waals surface area contributed by atoms with Crippen LogP contribution in [0.5, 0.6) is 0 Å². The molecule has 0 amide bonds. The molecule has 0 N–H and O–H groups in total. The van der Waals surface area contributed by atoms with Crippen LogP contribution in [0.2, 0.25) is 0 Å². The Morgan fingerprint density at radius 3 is 2.00 bits per heavy atom. The van der Waals surface area contributed by atoms with E-state index in [4.69, 9.17) is 0 Å². The molecule has 2 aromatic rings. The molecule has 0 aromatic heterocycles. The molecular weight excluding hydrogens is 320 g/mol. The van der Waals surface area contributed by atoms with Crippen molar-refractivity contribution >= 4 is 15.6 Å². The van der Waals surface area contributed by atoms with Crippen molar-refractivity contribution < 1.29 is 13.2 Å². The van der Waals surface area contributed by atoms with Gasteiger partial charge in [-0.25, -0.2) is 8.42 Å². The summed E-state index contributed by atoms with van der Waals surface area (Å²) in [6.45, 7) is 2.89. The molecule has 3 nitrogen and oxygen atoms in total. The Morgan fingerprint density at radius 1 is 0.958 bits per heavy atom. The lowest BCUT2D eigenvalue weighted by Crippen LogP contribution is -2.41. The van der Waals surface area contributed by atoms with Crippen molar-refractivity contribution in [2.45, 2.75) is 37.9 Å². The van der Waals surface area contributed by atoms with Gasteiger partial charge in [-0.15, -0.1) is 0 Å². The first-order valence-electron chi connectivity index (χ1n) is 8.09. The highest BCUT2D eigenvalue weighted by Crippen LogP contribution is 2.25. The molecule has 128 valence electrons. The minimum absolute atomic E-state index is 0.288. The van der Waals surface area contributed by atoms with Crippen LogP contribution in [0, 0.1) is 0 Å². The molecule has 2 rings (SSSR count). The maximum atomic E-state index is 11.9. The van der Waals surface area contributed by atoms with Crippen molar-refractivity contribution in [3.63, 3.8) is 0 Å². The molecule has 0 saturated carbocycles. The van der Waals surface area contributed by atoms with Gasteiger partial charge in [-0.05, 0) is 49.8 Å². The van der Waals surface area contributed by atoms with Gasteiger partial charge >= 0.3 is 0 Å². The highest BCUT2D eigenvalue weighted by molar-refractivity contribution is 7.92. The fourth-order valence-corrected chi connectivity index (χ4v) is 3.78. The number of aryl methyl sites for hydroxylation is 1. The minimum Gasteiger partial charge on any atom is -0.298 e. The number of Topliss-reactive ketones (excluding diaryl/α,β-unsaturated/α-hetero) is 1. The van der Waals surface area contributed by atoms with Gasteiger partial charge in [0.1, 0.15) is 4.75 Å². The molecule has 24 heavy (non-hydrogen) atoms. The molecule has 1 atom stereocenters. The first-order chi connectivity index (χ1) is 11.2. The largest absolute Gasteiger partial charge is 0.298 e. The molecule has 0 aliphatic rings. The van der Waals surface area contributed by atoms with Crippen LogP contribution in [0.4, 0.5) is 0 Å². The molecule has 0 saturated heterocycles. The van der Waals surface area contributed by atoms with E-state index in [1.165, 1.54) is 19.4 Å². The summed E-state index contributed by atoms with van der Waals surface area (Å²) < 4.78 is 22.6. The molecule has 0 bridgehead atoms. The van der Waals surface area contributed by atoms with Crippen LogP contribution in [-0.4, -0.2) is 25.2 Å². The maximum Gasteiger partial charge on any atom is 0.159 e. The predicted octanol–water partition coefficient (Wildman–Crippen LogP) is 4.07. The number of hydrogen-bond acceptors (Lipinski definition) is 3. The summed E-state index contributed by atoms with van der Waals surface area (Å²) in [5.74, 6) is -0.288. The normalized spacial score (nSPS) is 14.1. The van der Waals surface area contributed by atoms with Crippen LogP contribution in [0.3, 0.4) is 0 Å². The SMILES string of the molecule is CC(=O)C(C)(CCCc1ccc(-c2ccccc2)cc1)S(C)(=O)=O. The summed E-state index contributed by atoms with van der Waals surface area (Å²) in [5, 5.41) is 0. The van der Waals surface area contributed by atoms with Gasteiger partial charge in [0, 0.05) is 6.26 Å². The molecule has 0 aliphatic heterocycles. The van der Waals surface area contributed by atoms with Gasteiger partial charge < -0.3 is 0 Å². The second-order valence-corrected chi connectivity index (χ2v) is 8.92. The van der Waals surface area contributed by atoms with E-state index in [0.29, 0.717) is 12.8 Å². The summed E-state index contributed by atoms with van der Waals surface area (Å²) in [6, 6.07) is 18.4. The Kier molecular flexibility index (Phi) is 5.60. The maximum absolute atomic E-state index is 11.9. The van der Waals surface area contributed by atoms with E-state index in [-0.39, 0.29) is 5.78 Å². The van der Waals surface area contributed by atoms with Crippen LogP contribution in [0.25, 0.3) is 11.1 Å². The molecular formula is C20H24O3S. The van der Waals surface area contributed by atoms with Gasteiger partial charge in [0.05, 0.1) is 0 Å². The van der Waals surface area contributed by atoms with Crippen LogP contribution in [0.15, 0.2) is 54.6 Å². The van der Waals surface area contributed by atoms with E-state index in [2.05, 4.69) is 36.4 Å². The lowest BCUT2D eigenvalue weighted by molar-refractivity contribution is -0.119. The van der Waals surface area contributed by atoms with Crippen molar-refractivity contribution in [3.05, 3.63) is 60.2 Å². The highest BCUT2D eigenvalue weighted by atomic mass is 32.2. The van der Waals surface area contributed by atoms with Gasteiger partial charge in [0.2, 0.25) is 0 Å². The Bertz CT molecular complexity index is 793. The fourth-order valence-electron chi connectivity index (χ4n) is 2.75. The molecule has 0 spiro atoms. The number of hydrogen-bond donors (Lipinski definition) is 0. The van der Waals surface area contributed by atoms with E-state index in [1.807, 2.05) is 18.2 Å². The van der Waals surface area contributed by atoms with Crippen molar-refractivity contribution in [1.82, 2.24) is 0 Å². The van der Waals surface area contributed by atoms with Crippen LogP contribution >= 0.6 is 0 Å². The summed E-state index contributed by atoms with van der Waals surface area (Å²) in [6.07, 6.45) is 2.91. The minimum atomic E-state index is -3.41. The summed E-state index contributed by atoms with van der Waals surface area (Å²) >= 11 is 0. The third-order valence-corrected chi connectivity index (χ3v) is 6.87. The lowest BCUT2D eigenvalue weighted by atomic mass is 9.96. The molecule has 0 heterocycles. The Hall–Kier alpha value is -1.94. The third kappa shape index (κ3) is 4.12. The number of sulfone groups is 1. The Balaban J connectivity index is 2.01. The van der Waals surface area contributed by atoms with Gasteiger partial charge in [-0.1, -0.05) is 54.6 Å². The molecule has 0 aliphatic carbocycles. The number of carbonyl (C=O) groups excluding carboxylic acids is 1. The Morgan fingerprint density at radius 2 is 1.50 bits per heavy atom. The van der Waals surface area contributed by atoms with Crippen LogP contribution < -0.4 is 0 Å². The average Bonchev–Trinajstić information content (AvgIpc) is 2.55. The van der Waals surface area contributed by atoms with Crippen molar-refractivity contribution in [2.75, 3.05) is 6.26 Å². The number of benzene rings is 2. The fraction of sp³-hybridized carbons (Fsp3) is 0.350. The van der Waals surface area contributed by atoms with Crippen molar-refractivity contribution in [1.29, 1.82) is 0 Å². The second-order valence-electron chi connectivity index (χ2n) is 6.48. The van der Waals surface area contributed by atoms with Gasteiger partial charge in [-0.2, -0.15) is 0 Å². The monoisotopic (exact) mass is 344 g/mol. The van der Waals surface area contributed by atoms with Crippen LogP contribution in [0.1, 0.15) is 32.3 Å². The molecule has 0 radical (unpaired) electrons. The third-order valence-electron chi connectivity index (χ3n) is 4.74. The van der Waals surface area contributed by atoms with Gasteiger partial charge in [-0.3, -0.25) is 4.79 Å². The molecule has 2 aromatic carbocycles. The zero-order chi connectivity index (χ0) is 17.8. The zero-order valence-electron chi connectivity index (χ0n) is 14.5. The quantitative estimate of drug-likeness (QED) is 0.761. The summed E-state index contributed by atoms with van der Waals surface area (Å²) in [5.41, 5.74) is 3.48. The molecule has 0 fully saturated rings. The standard InChI is InChI=1S/C20H24O3S/c1-16(21)20(2,24(3,22)23)15-7-8-17-11-13-19(14-12-17)18-9-5-4-6-10-18/h4-6,9-14H,7-8,15H2,1-3H3. The number of carbonyl (C=O) groups is 1. The molecule has 1 unspecified atom stereocenters. The van der Waals surface area contributed by atoms with Gasteiger partial charge in [0.15, 0.2) is 15.6 Å². The van der Waals surface area contributed by atoms with Crippen molar-refractivity contribution in [3.8, 4) is 11.1 Å². The Labute approximate surface area is 144 Å². The summed E-state index contributed by atoms with van der Waals surface area (Å²) in [7, 11) is -3.41. The number of rotatable bonds is 7. The molecule has 4 heteroatoms. The second kappa shape index (κ2) is 7.31. The van der Waals surface area contributed by atoms with Gasteiger partial charge in [0.25, 0.3) is 0 Å². The zero-order valence-corrected chi connectivity index (χ0v) is 15.3. The summed E-state index contributed by atoms with van der Waals surface area (Å²) in [4.78, 5) is 11.8. The number of ketones is 1. The highest BCUT2D eigenvalue weighted by Gasteiger charge is 2.39. The predicted molar refractivity (Wildman–Crippen MR) is 98.7 cm³/mol. The topological polar surface area (TPSA) is 51.2 Å². The first kappa shape index (κ1) is 18.4. The lowest BCUT2D eigenvalue weighted by Gasteiger charge is -2.24. The van der Waals surface area contributed by atoms with E-state index >= 15 is 0 Å². The van der Waals surface area contributed by atoms with E-state index in [0.717, 1.165) is 23.8 Å². The van der Waals surface area contributed by atoms with E-state index in [9.17, 15) is 13.2 Å². The van der Waals surface area contributed by atoms with E-state index < -0.39 is 14.6 Å². The van der Waals surface area contributed by atoms with Crippen molar-refractivity contribution in [2.24, 2.45) is 0 Å². The smallest absolute Gasteiger partial charge is 0.159 e. The van der Waals surface area contributed by atoms with Crippen LogP contribution in [-0.2, 0) is 21.1 Å². The first-order valence-corrected chi connectivity index (χ1v) is 9.98. The van der Waals surface area contributed by atoms with E-state index in [1.54, 1.807) is 0 Å². The average molecular weight is 344 g/mol.